The van der Waals surface area contributed by atoms with Gasteiger partial charge in [-0.1, -0.05) is 6.92 Å². The SMILES string of the molecule is CCc1cc[nH]c(=O)c1C=O. The van der Waals surface area contributed by atoms with E-state index in [9.17, 15) is 9.59 Å². The molecule has 0 radical (unpaired) electrons. The predicted octanol–water partition coefficient (Wildman–Crippen LogP) is 0.750. The molecule has 1 rings (SSSR count). The summed E-state index contributed by atoms with van der Waals surface area (Å²) in [6, 6.07) is 1.74. The number of aldehydes is 1. The zero-order valence-corrected chi connectivity index (χ0v) is 6.26. The molecule has 0 aromatic carbocycles. The van der Waals surface area contributed by atoms with Gasteiger partial charge < -0.3 is 4.98 Å². The highest BCUT2D eigenvalue weighted by Crippen LogP contribution is 1.99. The number of H-pyrrole nitrogens is 1. The highest BCUT2D eigenvalue weighted by atomic mass is 16.1. The Bertz CT molecular complexity index is 314. The summed E-state index contributed by atoms with van der Waals surface area (Å²) < 4.78 is 0. The molecule has 0 aliphatic rings. The fraction of sp³-hybridized carbons (Fsp3) is 0.250. The van der Waals surface area contributed by atoms with Crippen LogP contribution < -0.4 is 5.56 Å². The van der Waals surface area contributed by atoms with Crippen molar-refractivity contribution in [1.82, 2.24) is 4.98 Å². The molecule has 3 nitrogen and oxygen atoms in total. The summed E-state index contributed by atoms with van der Waals surface area (Å²) in [5.74, 6) is 0. The Morgan fingerprint density at radius 3 is 2.82 bits per heavy atom. The fourth-order valence-corrected chi connectivity index (χ4v) is 0.969. The van der Waals surface area contributed by atoms with Gasteiger partial charge in [0.25, 0.3) is 5.56 Å². The first-order chi connectivity index (χ1) is 5.29. The second kappa shape index (κ2) is 3.14. The summed E-state index contributed by atoms with van der Waals surface area (Å²) in [4.78, 5) is 23.8. The Balaban J connectivity index is 3.36. The van der Waals surface area contributed by atoms with E-state index >= 15 is 0 Å². The summed E-state index contributed by atoms with van der Waals surface area (Å²) in [6.45, 7) is 1.90. The summed E-state index contributed by atoms with van der Waals surface area (Å²) in [6.07, 6.45) is 2.85. The summed E-state index contributed by atoms with van der Waals surface area (Å²) in [5.41, 5.74) is 0.734. The minimum atomic E-state index is -0.306. The van der Waals surface area contributed by atoms with Crippen LogP contribution in [0.25, 0.3) is 0 Å². The molecule has 58 valence electrons. The van der Waals surface area contributed by atoms with E-state index in [0.717, 1.165) is 5.56 Å². The van der Waals surface area contributed by atoms with Crippen molar-refractivity contribution in [2.24, 2.45) is 0 Å². The molecule has 0 atom stereocenters. The topological polar surface area (TPSA) is 49.9 Å². The van der Waals surface area contributed by atoms with Gasteiger partial charge in [0.15, 0.2) is 6.29 Å². The quantitative estimate of drug-likeness (QED) is 0.634. The molecular formula is C8H9NO2. The number of aryl methyl sites for hydroxylation is 1. The zero-order chi connectivity index (χ0) is 8.27. The molecule has 0 bridgehead atoms. The zero-order valence-electron chi connectivity index (χ0n) is 6.26. The van der Waals surface area contributed by atoms with Crippen molar-refractivity contribution in [2.75, 3.05) is 0 Å². The average Bonchev–Trinajstić information content (AvgIpc) is 2.04. The van der Waals surface area contributed by atoms with E-state index in [1.54, 1.807) is 12.3 Å². The monoisotopic (exact) mass is 151 g/mol. The third kappa shape index (κ3) is 1.37. The number of hydrogen-bond donors (Lipinski definition) is 1. The number of hydrogen-bond acceptors (Lipinski definition) is 2. The standard InChI is InChI=1S/C8H9NO2/c1-2-6-3-4-9-8(11)7(6)5-10/h3-5H,2H2,1H3,(H,9,11). The van der Waals surface area contributed by atoms with Crippen molar-refractivity contribution >= 4 is 6.29 Å². The second-order valence-electron chi connectivity index (χ2n) is 2.22. The number of carbonyl (C=O) groups is 1. The first kappa shape index (κ1) is 7.72. The molecule has 3 heteroatoms. The van der Waals surface area contributed by atoms with Gasteiger partial charge >= 0.3 is 0 Å². The van der Waals surface area contributed by atoms with Crippen LogP contribution in [0.2, 0.25) is 0 Å². The van der Waals surface area contributed by atoms with Crippen molar-refractivity contribution in [2.45, 2.75) is 13.3 Å². The van der Waals surface area contributed by atoms with E-state index in [1.807, 2.05) is 6.92 Å². The van der Waals surface area contributed by atoms with Crippen LogP contribution in [0.5, 0.6) is 0 Å². The number of pyridine rings is 1. The molecule has 1 aromatic rings. The van der Waals surface area contributed by atoms with E-state index in [4.69, 9.17) is 0 Å². The van der Waals surface area contributed by atoms with E-state index in [0.29, 0.717) is 12.7 Å². The number of rotatable bonds is 2. The van der Waals surface area contributed by atoms with E-state index in [1.165, 1.54) is 0 Å². The minimum Gasteiger partial charge on any atom is -0.328 e. The van der Waals surface area contributed by atoms with Crippen molar-refractivity contribution in [3.8, 4) is 0 Å². The highest BCUT2D eigenvalue weighted by molar-refractivity contribution is 5.76. The maximum absolute atomic E-state index is 10.9. The summed E-state index contributed by atoms with van der Waals surface area (Å²) in [7, 11) is 0. The lowest BCUT2D eigenvalue weighted by Gasteiger charge is -1.96. The smallest absolute Gasteiger partial charge is 0.258 e. The number of carbonyl (C=O) groups excluding carboxylic acids is 1. The Labute approximate surface area is 64.1 Å². The normalized spacial score (nSPS) is 9.55. The molecule has 11 heavy (non-hydrogen) atoms. The van der Waals surface area contributed by atoms with Crippen molar-refractivity contribution in [3.63, 3.8) is 0 Å². The maximum atomic E-state index is 10.9. The van der Waals surface area contributed by atoms with Gasteiger partial charge in [0.2, 0.25) is 0 Å². The Kier molecular flexibility index (Phi) is 2.21. The van der Waals surface area contributed by atoms with Crippen LogP contribution in [0, 0.1) is 0 Å². The van der Waals surface area contributed by atoms with Gasteiger partial charge in [0.05, 0.1) is 5.56 Å². The molecule has 0 spiro atoms. The number of aromatic amines is 1. The van der Waals surface area contributed by atoms with Gasteiger partial charge in [-0.05, 0) is 18.1 Å². The van der Waals surface area contributed by atoms with Crippen LogP contribution in [0.15, 0.2) is 17.1 Å². The molecule has 0 unspecified atom stereocenters. The molecule has 0 fully saturated rings. The largest absolute Gasteiger partial charge is 0.328 e. The summed E-state index contributed by atoms with van der Waals surface area (Å²) in [5, 5.41) is 0. The van der Waals surface area contributed by atoms with Gasteiger partial charge in [-0.25, -0.2) is 0 Å². The predicted molar refractivity (Wildman–Crippen MR) is 41.8 cm³/mol. The van der Waals surface area contributed by atoms with Crippen LogP contribution in [0.4, 0.5) is 0 Å². The molecule has 1 N–H and O–H groups in total. The average molecular weight is 151 g/mol. The number of nitrogens with one attached hydrogen (secondary N) is 1. The first-order valence-corrected chi connectivity index (χ1v) is 3.45. The number of aromatic nitrogens is 1. The molecule has 0 saturated carbocycles. The van der Waals surface area contributed by atoms with Crippen LogP contribution >= 0.6 is 0 Å². The molecule has 0 amide bonds. The highest BCUT2D eigenvalue weighted by Gasteiger charge is 2.01. The van der Waals surface area contributed by atoms with Gasteiger partial charge in [0, 0.05) is 6.20 Å². The Hall–Kier alpha value is -1.38. The molecule has 0 saturated heterocycles. The molecule has 0 aliphatic heterocycles. The molecule has 1 heterocycles. The van der Waals surface area contributed by atoms with Crippen molar-refractivity contribution < 1.29 is 4.79 Å². The van der Waals surface area contributed by atoms with Crippen LogP contribution in [-0.4, -0.2) is 11.3 Å². The Morgan fingerprint density at radius 2 is 2.36 bits per heavy atom. The van der Waals surface area contributed by atoms with Crippen LogP contribution in [-0.2, 0) is 6.42 Å². The molecule has 0 aliphatic carbocycles. The lowest BCUT2D eigenvalue weighted by Crippen LogP contribution is -2.13. The van der Waals surface area contributed by atoms with Crippen molar-refractivity contribution in [3.05, 3.63) is 33.7 Å². The van der Waals surface area contributed by atoms with E-state index in [2.05, 4.69) is 4.98 Å². The van der Waals surface area contributed by atoms with Gasteiger partial charge in [-0.2, -0.15) is 0 Å². The lowest BCUT2D eigenvalue weighted by molar-refractivity contribution is 0.112. The van der Waals surface area contributed by atoms with E-state index in [-0.39, 0.29) is 11.1 Å². The first-order valence-electron chi connectivity index (χ1n) is 3.45. The lowest BCUT2D eigenvalue weighted by atomic mass is 10.1. The van der Waals surface area contributed by atoms with Crippen molar-refractivity contribution in [1.29, 1.82) is 0 Å². The molecular weight excluding hydrogens is 142 g/mol. The van der Waals surface area contributed by atoms with Crippen LogP contribution in [0.3, 0.4) is 0 Å². The maximum Gasteiger partial charge on any atom is 0.258 e. The van der Waals surface area contributed by atoms with Crippen LogP contribution in [0.1, 0.15) is 22.8 Å². The van der Waals surface area contributed by atoms with E-state index < -0.39 is 0 Å². The minimum absolute atomic E-state index is 0.245. The summed E-state index contributed by atoms with van der Waals surface area (Å²) >= 11 is 0. The Morgan fingerprint density at radius 1 is 1.64 bits per heavy atom. The molecule has 1 aromatic heterocycles. The third-order valence-corrected chi connectivity index (χ3v) is 1.59. The van der Waals surface area contributed by atoms with Gasteiger partial charge in [-0.15, -0.1) is 0 Å². The van der Waals surface area contributed by atoms with Gasteiger partial charge in [-0.3, -0.25) is 9.59 Å². The fourth-order valence-electron chi connectivity index (χ4n) is 0.969. The second-order valence-corrected chi connectivity index (χ2v) is 2.22. The van der Waals surface area contributed by atoms with Gasteiger partial charge in [0.1, 0.15) is 0 Å². The third-order valence-electron chi connectivity index (χ3n) is 1.59.